The second-order valence-electron chi connectivity index (χ2n) is 2.75. The standard InChI is InChI=1S/C7H15NO2.C2H6/c1-2-8-5-3-4-6(8)7(9)10;1-2/h6-7,9-10H,2-5H2,1H3;1-2H3/t6-;/m0./s1. The average molecular weight is 175 g/mol. The Balaban J connectivity index is 0.000000561. The molecule has 0 aromatic carbocycles. The van der Waals surface area contributed by atoms with Crippen LogP contribution in [-0.2, 0) is 0 Å². The smallest absolute Gasteiger partial charge is 0.167 e. The van der Waals surface area contributed by atoms with E-state index in [4.69, 9.17) is 10.2 Å². The molecule has 0 aromatic rings. The Morgan fingerprint density at radius 1 is 1.42 bits per heavy atom. The Morgan fingerprint density at radius 2 is 2.00 bits per heavy atom. The molecule has 3 heteroatoms. The lowest BCUT2D eigenvalue weighted by Gasteiger charge is -2.23. The summed E-state index contributed by atoms with van der Waals surface area (Å²) >= 11 is 0. The van der Waals surface area contributed by atoms with Crippen molar-refractivity contribution < 1.29 is 10.2 Å². The van der Waals surface area contributed by atoms with Crippen LogP contribution in [0.15, 0.2) is 0 Å². The van der Waals surface area contributed by atoms with Crippen molar-refractivity contribution in [2.24, 2.45) is 0 Å². The van der Waals surface area contributed by atoms with Gasteiger partial charge in [-0.15, -0.1) is 0 Å². The van der Waals surface area contributed by atoms with Crippen molar-refractivity contribution in [3.8, 4) is 0 Å². The first-order chi connectivity index (χ1) is 5.75. The van der Waals surface area contributed by atoms with Gasteiger partial charge in [-0.2, -0.15) is 0 Å². The van der Waals surface area contributed by atoms with E-state index in [1.165, 1.54) is 0 Å². The van der Waals surface area contributed by atoms with Crippen LogP contribution in [0.4, 0.5) is 0 Å². The first kappa shape index (κ1) is 11.9. The normalized spacial score (nSPS) is 24.0. The van der Waals surface area contributed by atoms with Crippen molar-refractivity contribution in [2.45, 2.75) is 45.9 Å². The highest BCUT2D eigenvalue weighted by molar-refractivity contribution is 4.79. The molecule has 1 atom stereocenters. The lowest BCUT2D eigenvalue weighted by Crippen LogP contribution is -2.38. The SMILES string of the molecule is CC.CCN1CCC[C@H]1C(O)O. The largest absolute Gasteiger partial charge is 0.367 e. The van der Waals surface area contributed by atoms with Crippen LogP contribution in [0, 0.1) is 0 Å². The Kier molecular flexibility index (Phi) is 6.34. The maximum absolute atomic E-state index is 8.87. The van der Waals surface area contributed by atoms with Crippen LogP contribution >= 0.6 is 0 Å². The summed E-state index contributed by atoms with van der Waals surface area (Å²) in [5.74, 6) is 0. The molecule has 12 heavy (non-hydrogen) atoms. The van der Waals surface area contributed by atoms with E-state index >= 15 is 0 Å². The van der Waals surface area contributed by atoms with Crippen LogP contribution in [0.1, 0.15) is 33.6 Å². The van der Waals surface area contributed by atoms with Crippen molar-refractivity contribution in [2.75, 3.05) is 13.1 Å². The molecule has 2 N–H and O–H groups in total. The van der Waals surface area contributed by atoms with E-state index in [1.54, 1.807) is 0 Å². The molecule has 74 valence electrons. The molecule has 0 radical (unpaired) electrons. The fourth-order valence-electron chi connectivity index (χ4n) is 1.58. The molecule has 1 fully saturated rings. The van der Waals surface area contributed by atoms with E-state index in [2.05, 4.69) is 4.90 Å². The molecule has 1 rings (SSSR count). The second kappa shape index (κ2) is 6.40. The number of likely N-dealkylation sites (tertiary alicyclic amines) is 1. The maximum Gasteiger partial charge on any atom is 0.167 e. The lowest BCUT2D eigenvalue weighted by molar-refractivity contribution is -0.0893. The fourth-order valence-corrected chi connectivity index (χ4v) is 1.58. The van der Waals surface area contributed by atoms with Crippen LogP contribution in [0.3, 0.4) is 0 Å². The van der Waals surface area contributed by atoms with Gasteiger partial charge >= 0.3 is 0 Å². The van der Waals surface area contributed by atoms with Gasteiger partial charge in [-0.25, -0.2) is 0 Å². The summed E-state index contributed by atoms with van der Waals surface area (Å²) < 4.78 is 0. The first-order valence-corrected chi connectivity index (χ1v) is 4.86. The zero-order chi connectivity index (χ0) is 9.56. The monoisotopic (exact) mass is 175 g/mol. The van der Waals surface area contributed by atoms with Crippen LogP contribution in [0.5, 0.6) is 0 Å². The molecule has 1 saturated heterocycles. The van der Waals surface area contributed by atoms with Crippen LogP contribution in [0.2, 0.25) is 0 Å². The quantitative estimate of drug-likeness (QED) is 0.610. The van der Waals surface area contributed by atoms with Gasteiger partial charge in [-0.1, -0.05) is 20.8 Å². The van der Waals surface area contributed by atoms with E-state index < -0.39 is 6.29 Å². The maximum atomic E-state index is 8.87. The van der Waals surface area contributed by atoms with Crippen molar-refractivity contribution >= 4 is 0 Å². The van der Waals surface area contributed by atoms with Crippen molar-refractivity contribution in [3.05, 3.63) is 0 Å². The number of aliphatic hydroxyl groups excluding tert-OH is 1. The molecule has 1 aliphatic heterocycles. The van der Waals surface area contributed by atoms with Gasteiger partial charge in [0, 0.05) is 0 Å². The molecular formula is C9H21NO2. The summed E-state index contributed by atoms with van der Waals surface area (Å²) in [5.41, 5.74) is 0. The highest BCUT2D eigenvalue weighted by Gasteiger charge is 2.27. The minimum atomic E-state index is -1.15. The van der Waals surface area contributed by atoms with Gasteiger partial charge in [0.1, 0.15) is 0 Å². The summed E-state index contributed by atoms with van der Waals surface area (Å²) in [7, 11) is 0. The summed E-state index contributed by atoms with van der Waals surface area (Å²) in [5, 5.41) is 17.7. The highest BCUT2D eigenvalue weighted by atomic mass is 16.5. The molecule has 1 heterocycles. The van der Waals surface area contributed by atoms with E-state index in [9.17, 15) is 0 Å². The summed E-state index contributed by atoms with van der Waals surface area (Å²) in [6, 6.07) is -0.00926. The molecule has 0 aliphatic carbocycles. The fraction of sp³-hybridized carbons (Fsp3) is 1.00. The molecule has 0 spiro atoms. The Bertz CT molecular complexity index is 107. The Hall–Kier alpha value is -0.120. The molecule has 0 aromatic heterocycles. The summed E-state index contributed by atoms with van der Waals surface area (Å²) in [6.07, 6.45) is 0.865. The minimum absolute atomic E-state index is 0.00926. The van der Waals surface area contributed by atoms with Gasteiger partial charge in [-0.3, -0.25) is 4.90 Å². The molecule has 0 amide bonds. The van der Waals surface area contributed by atoms with Gasteiger partial charge in [0.2, 0.25) is 0 Å². The van der Waals surface area contributed by atoms with Crippen molar-refractivity contribution in [1.82, 2.24) is 4.90 Å². The summed E-state index contributed by atoms with van der Waals surface area (Å²) in [6.45, 7) is 7.97. The average Bonchev–Trinajstić information content (AvgIpc) is 2.55. The van der Waals surface area contributed by atoms with Crippen molar-refractivity contribution in [1.29, 1.82) is 0 Å². The van der Waals surface area contributed by atoms with Crippen LogP contribution in [0.25, 0.3) is 0 Å². The zero-order valence-electron chi connectivity index (χ0n) is 8.32. The third-order valence-corrected chi connectivity index (χ3v) is 2.16. The van der Waals surface area contributed by atoms with Gasteiger partial charge in [0.05, 0.1) is 6.04 Å². The Morgan fingerprint density at radius 3 is 2.33 bits per heavy atom. The van der Waals surface area contributed by atoms with E-state index in [1.807, 2.05) is 20.8 Å². The minimum Gasteiger partial charge on any atom is -0.367 e. The van der Waals surface area contributed by atoms with E-state index in [-0.39, 0.29) is 6.04 Å². The topological polar surface area (TPSA) is 43.7 Å². The first-order valence-electron chi connectivity index (χ1n) is 4.86. The molecule has 0 saturated carbocycles. The predicted octanol–water partition coefficient (Wildman–Crippen LogP) is 0.808. The summed E-state index contributed by atoms with van der Waals surface area (Å²) in [4.78, 5) is 2.10. The van der Waals surface area contributed by atoms with Gasteiger partial charge in [0.25, 0.3) is 0 Å². The third-order valence-electron chi connectivity index (χ3n) is 2.16. The number of nitrogens with zero attached hydrogens (tertiary/aromatic N) is 1. The number of hydrogen-bond acceptors (Lipinski definition) is 3. The molecule has 0 bridgehead atoms. The van der Waals surface area contributed by atoms with Crippen LogP contribution in [-0.4, -0.2) is 40.5 Å². The molecule has 0 unspecified atom stereocenters. The van der Waals surface area contributed by atoms with Crippen molar-refractivity contribution in [3.63, 3.8) is 0 Å². The molecule has 1 aliphatic rings. The van der Waals surface area contributed by atoms with E-state index in [0.29, 0.717) is 0 Å². The number of aliphatic hydroxyl groups is 2. The van der Waals surface area contributed by atoms with Gasteiger partial charge in [0.15, 0.2) is 6.29 Å². The number of hydrogen-bond donors (Lipinski definition) is 2. The van der Waals surface area contributed by atoms with Gasteiger partial charge < -0.3 is 10.2 Å². The number of likely N-dealkylation sites (N-methyl/N-ethyl adjacent to an activating group) is 1. The molecule has 3 nitrogen and oxygen atoms in total. The zero-order valence-corrected chi connectivity index (χ0v) is 8.32. The highest BCUT2D eigenvalue weighted by Crippen LogP contribution is 2.18. The van der Waals surface area contributed by atoms with Gasteiger partial charge in [-0.05, 0) is 25.9 Å². The molecular weight excluding hydrogens is 154 g/mol. The number of rotatable bonds is 2. The van der Waals surface area contributed by atoms with E-state index in [0.717, 1.165) is 25.9 Å². The lowest BCUT2D eigenvalue weighted by atomic mass is 10.2. The predicted molar refractivity (Wildman–Crippen MR) is 49.8 cm³/mol. The second-order valence-corrected chi connectivity index (χ2v) is 2.75. The Labute approximate surface area is 75.0 Å². The third kappa shape index (κ3) is 3.09. The van der Waals surface area contributed by atoms with Crippen LogP contribution < -0.4 is 0 Å².